The number of benzene rings is 2. The van der Waals surface area contributed by atoms with E-state index in [0.29, 0.717) is 11.4 Å². The summed E-state index contributed by atoms with van der Waals surface area (Å²) in [7, 11) is 4.06. The molecule has 0 fully saturated rings. The summed E-state index contributed by atoms with van der Waals surface area (Å²) in [5.74, 6) is 0. The minimum atomic E-state index is -0.475. The summed E-state index contributed by atoms with van der Waals surface area (Å²) in [6.07, 6.45) is 1.06. The van der Waals surface area contributed by atoms with Gasteiger partial charge in [0.1, 0.15) is 0 Å². The Balaban J connectivity index is 1.99. The van der Waals surface area contributed by atoms with Gasteiger partial charge in [0.05, 0.1) is 6.10 Å². The summed E-state index contributed by atoms with van der Waals surface area (Å²) >= 11 is 5.95. The molecule has 2 aromatic carbocycles. The summed E-state index contributed by atoms with van der Waals surface area (Å²) < 4.78 is 0. The van der Waals surface area contributed by atoms with E-state index in [4.69, 9.17) is 11.6 Å². The zero-order chi connectivity index (χ0) is 14.5. The van der Waals surface area contributed by atoms with E-state index in [1.807, 2.05) is 38.4 Å². The average molecular weight is 290 g/mol. The summed E-state index contributed by atoms with van der Waals surface area (Å²) in [6, 6.07) is 15.8. The third-order valence-corrected chi connectivity index (χ3v) is 3.60. The molecule has 0 spiro atoms. The third-order valence-electron chi connectivity index (χ3n) is 3.37. The number of aryl methyl sites for hydroxylation is 1. The fourth-order valence-corrected chi connectivity index (χ4v) is 2.37. The van der Waals surface area contributed by atoms with Gasteiger partial charge in [-0.1, -0.05) is 35.9 Å². The highest BCUT2D eigenvalue weighted by molar-refractivity contribution is 6.30. The highest BCUT2D eigenvalue weighted by atomic mass is 35.5. The molecule has 1 N–H and O–H groups in total. The van der Waals surface area contributed by atoms with Crippen molar-refractivity contribution in [2.24, 2.45) is 0 Å². The van der Waals surface area contributed by atoms with E-state index >= 15 is 0 Å². The lowest BCUT2D eigenvalue weighted by Crippen LogP contribution is -2.08. The van der Waals surface area contributed by atoms with Gasteiger partial charge >= 0.3 is 0 Å². The third kappa shape index (κ3) is 3.99. The van der Waals surface area contributed by atoms with Crippen LogP contribution in [0.25, 0.3) is 0 Å². The normalized spacial score (nSPS) is 12.2. The molecule has 106 valence electrons. The number of halogens is 1. The predicted molar refractivity (Wildman–Crippen MR) is 85.5 cm³/mol. The van der Waals surface area contributed by atoms with E-state index in [0.717, 1.165) is 12.0 Å². The van der Waals surface area contributed by atoms with Crippen molar-refractivity contribution in [3.8, 4) is 0 Å². The van der Waals surface area contributed by atoms with Crippen LogP contribution in [0.3, 0.4) is 0 Å². The Kier molecular flexibility index (Phi) is 5.05. The van der Waals surface area contributed by atoms with Gasteiger partial charge in [0.15, 0.2) is 0 Å². The van der Waals surface area contributed by atoms with Crippen LogP contribution in [-0.2, 0) is 6.42 Å². The Morgan fingerprint density at radius 1 is 1.10 bits per heavy atom. The van der Waals surface area contributed by atoms with E-state index < -0.39 is 6.10 Å². The first kappa shape index (κ1) is 14.9. The van der Waals surface area contributed by atoms with Crippen LogP contribution in [0.15, 0.2) is 48.5 Å². The summed E-state index contributed by atoms with van der Waals surface area (Å²) in [5.41, 5.74) is 3.29. The summed E-state index contributed by atoms with van der Waals surface area (Å²) in [5, 5.41) is 10.9. The molecule has 1 unspecified atom stereocenters. The second kappa shape index (κ2) is 6.78. The molecule has 0 aliphatic carbocycles. The van der Waals surface area contributed by atoms with Gasteiger partial charge in [0.2, 0.25) is 0 Å². The van der Waals surface area contributed by atoms with Crippen LogP contribution in [-0.4, -0.2) is 19.2 Å². The van der Waals surface area contributed by atoms with E-state index in [1.54, 1.807) is 0 Å². The maximum atomic E-state index is 10.2. The number of anilines is 1. The number of aliphatic hydroxyl groups excluding tert-OH is 1. The topological polar surface area (TPSA) is 23.5 Å². The molecular weight excluding hydrogens is 270 g/mol. The summed E-state index contributed by atoms with van der Waals surface area (Å²) in [4.78, 5) is 2.08. The standard InChI is InChI=1S/C17H20ClNO/c1-19(2)16-8-3-5-13(11-16)9-10-17(20)14-6-4-7-15(18)12-14/h3-8,11-12,17,20H,9-10H2,1-2H3. The molecule has 0 saturated heterocycles. The summed E-state index contributed by atoms with van der Waals surface area (Å²) in [6.45, 7) is 0. The van der Waals surface area contributed by atoms with Gasteiger partial charge in [-0.3, -0.25) is 0 Å². The van der Waals surface area contributed by atoms with Crippen molar-refractivity contribution < 1.29 is 5.11 Å². The fraction of sp³-hybridized carbons (Fsp3) is 0.294. The average Bonchev–Trinajstić information content (AvgIpc) is 2.45. The van der Waals surface area contributed by atoms with Crippen molar-refractivity contribution >= 4 is 17.3 Å². The smallest absolute Gasteiger partial charge is 0.0793 e. The molecule has 0 bridgehead atoms. The quantitative estimate of drug-likeness (QED) is 0.897. The number of nitrogens with zero attached hydrogens (tertiary/aromatic N) is 1. The van der Waals surface area contributed by atoms with E-state index in [9.17, 15) is 5.11 Å². The number of hydrogen-bond donors (Lipinski definition) is 1. The molecule has 1 atom stereocenters. The predicted octanol–water partition coefficient (Wildman–Crippen LogP) is 4.07. The molecule has 0 amide bonds. The van der Waals surface area contributed by atoms with Gasteiger partial charge < -0.3 is 10.0 Å². The highest BCUT2D eigenvalue weighted by Gasteiger charge is 2.08. The first-order valence-corrected chi connectivity index (χ1v) is 7.14. The highest BCUT2D eigenvalue weighted by Crippen LogP contribution is 2.23. The molecule has 0 saturated carbocycles. The minimum Gasteiger partial charge on any atom is -0.388 e. The van der Waals surface area contributed by atoms with Gasteiger partial charge in [0.25, 0.3) is 0 Å². The molecule has 0 heterocycles. The van der Waals surface area contributed by atoms with Gasteiger partial charge in [-0.15, -0.1) is 0 Å². The molecule has 0 aromatic heterocycles. The largest absolute Gasteiger partial charge is 0.388 e. The zero-order valence-electron chi connectivity index (χ0n) is 11.9. The van der Waals surface area contributed by atoms with Crippen molar-refractivity contribution in [2.45, 2.75) is 18.9 Å². The monoisotopic (exact) mass is 289 g/mol. The first-order valence-electron chi connectivity index (χ1n) is 6.76. The Morgan fingerprint density at radius 3 is 2.55 bits per heavy atom. The minimum absolute atomic E-state index is 0.475. The zero-order valence-corrected chi connectivity index (χ0v) is 12.6. The second-order valence-electron chi connectivity index (χ2n) is 5.17. The lowest BCUT2D eigenvalue weighted by molar-refractivity contribution is 0.168. The van der Waals surface area contributed by atoms with Gasteiger partial charge in [-0.05, 0) is 48.2 Å². The maximum Gasteiger partial charge on any atom is 0.0793 e. The van der Waals surface area contributed by atoms with Crippen LogP contribution >= 0.6 is 11.6 Å². The molecule has 0 aliphatic rings. The van der Waals surface area contributed by atoms with Gasteiger partial charge in [-0.2, -0.15) is 0 Å². The van der Waals surface area contributed by atoms with Crippen molar-refractivity contribution in [3.05, 3.63) is 64.7 Å². The van der Waals surface area contributed by atoms with Crippen LogP contribution in [0.4, 0.5) is 5.69 Å². The SMILES string of the molecule is CN(C)c1cccc(CCC(O)c2cccc(Cl)c2)c1. The van der Waals surface area contributed by atoms with Crippen LogP contribution in [0.2, 0.25) is 5.02 Å². The Morgan fingerprint density at radius 2 is 1.85 bits per heavy atom. The Labute approximate surface area is 125 Å². The molecule has 20 heavy (non-hydrogen) atoms. The van der Waals surface area contributed by atoms with Crippen molar-refractivity contribution in [2.75, 3.05) is 19.0 Å². The number of rotatable bonds is 5. The van der Waals surface area contributed by atoms with Crippen LogP contribution in [0.1, 0.15) is 23.7 Å². The molecule has 2 rings (SSSR count). The fourth-order valence-electron chi connectivity index (χ4n) is 2.17. The van der Waals surface area contributed by atoms with Crippen LogP contribution in [0, 0.1) is 0 Å². The molecule has 0 aliphatic heterocycles. The Hall–Kier alpha value is -1.51. The molecular formula is C17H20ClNO. The lowest BCUT2D eigenvalue weighted by atomic mass is 10.0. The van der Waals surface area contributed by atoms with Crippen molar-refractivity contribution in [3.63, 3.8) is 0 Å². The first-order chi connectivity index (χ1) is 9.56. The van der Waals surface area contributed by atoms with Crippen molar-refractivity contribution in [1.82, 2.24) is 0 Å². The van der Waals surface area contributed by atoms with E-state index in [-0.39, 0.29) is 0 Å². The van der Waals surface area contributed by atoms with Crippen LogP contribution in [0.5, 0.6) is 0 Å². The molecule has 2 aromatic rings. The van der Waals surface area contributed by atoms with Gasteiger partial charge in [-0.25, -0.2) is 0 Å². The van der Waals surface area contributed by atoms with Gasteiger partial charge in [0, 0.05) is 24.8 Å². The van der Waals surface area contributed by atoms with E-state index in [2.05, 4.69) is 29.2 Å². The number of hydrogen-bond acceptors (Lipinski definition) is 2. The maximum absolute atomic E-state index is 10.2. The van der Waals surface area contributed by atoms with Crippen LogP contribution < -0.4 is 4.90 Å². The van der Waals surface area contributed by atoms with Crippen molar-refractivity contribution in [1.29, 1.82) is 0 Å². The molecule has 2 nitrogen and oxygen atoms in total. The van der Waals surface area contributed by atoms with E-state index in [1.165, 1.54) is 11.3 Å². The Bertz CT molecular complexity index is 568. The molecule has 3 heteroatoms. The molecule has 0 radical (unpaired) electrons. The second-order valence-corrected chi connectivity index (χ2v) is 5.61. The number of aliphatic hydroxyl groups is 1. The lowest BCUT2D eigenvalue weighted by Gasteiger charge is -2.15.